The van der Waals surface area contributed by atoms with Gasteiger partial charge in [-0.25, -0.2) is 0 Å². The van der Waals surface area contributed by atoms with Gasteiger partial charge in [-0.1, -0.05) is 13.8 Å². The van der Waals surface area contributed by atoms with E-state index < -0.39 is 5.60 Å². The van der Waals surface area contributed by atoms with Crippen molar-refractivity contribution in [3.63, 3.8) is 0 Å². The number of ketones is 1. The number of hydrogen-bond donors (Lipinski definition) is 1. The Bertz CT molecular complexity index is 1110. The predicted molar refractivity (Wildman–Crippen MR) is 121 cm³/mol. The summed E-state index contributed by atoms with van der Waals surface area (Å²) >= 11 is 0. The molecule has 7 nitrogen and oxygen atoms in total. The Morgan fingerprint density at radius 3 is 2.77 bits per heavy atom. The number of aliphatic hydroxyl groups excluding tert-OH is 1. The van der Waals surface area contributed by atoms with Gasteiger partial charge in [0.25, 0.3) is 0 Å². The second-order valence-electron chi connectivity index (χ2n) is 7.14. The maximum absolute atomic E-state index is 12.8. The van der Waals surface area contributed by atoms with Crippen LogP contribution in [0.25, 0.3) is 16.6 Å². The summed E-state index contributed by atoms with van der Waals surface area (Å²) in [7, 11) is 1.40. The number of benzene rings is 1. The summed E-state index contributed by atoms with van der Waals surface area (Å²) in [6.45, 7) is 3.93. The fourth-order valence-electron chi connectivity index (χ4n) is 3.34. The third-order valence-electron chi connectivity index (χ3n) is 5.30. The summed E-state index contributed by atoms with van der Waals surface area (Å²) in [4.78, 5) is 12.8. The Labute approximate surface area is 184 Å². The van der Waals surface area contributed by atoms with Gasteiger partial charge in [0, 0.05) is 22.5 Å². The monoisotopic (exact) mass is 478 g/mol. The number of aliphatic hydroxyl groups is 1. The molecule has 0 aliphatic carbocycles. The first-order valence-electron chi connectivity index (χ1n) is 9.82. The van der Waals surface area contributed by atoms with Gasteiger partial charge in [0.1, 0.15) is 26.0 Å². The molecule has 0 radical (unpaired) electrons. The predicted octanol–water partition coefficient (Wildman–Crippen LogP) is 6.89. The van der Waals surface area contributed by atoms with Crippen LogP contribution < -0.4 is 4.74 Å². The Balaban J connectivity index is 1.67. The minimum atomic E-state index is -0.432. The summed E-state index contributed by atoms with van der Waals surface area (Å²) in [5.74, 6) is 2.47. The molecule has 2 aliphatic heterocycles. The van der Waals surface area contributed by atoms with E-state index in [1.54, 1.807) is 18.2 Å². The normalized spacial score (nSPS) is 18.0. The van der Waals surface area contributed by atoms with Crippen LogP contribution in [0, 0.1) is 0 Å². The molecular formula is C21H21O7P3. The van der Waals surface area contributed by atoms with Crippen LogP contribution in [-0.4, -0.2) is 28.9 Å². The molecule has 0 atom stereocenters. The Hall–Kier alpha value is -2.16. The molecule has 1 aromatic carbocycles. The van der Waals surface area contributed by atoms with Crippen LogP contribution in [0.15, 0.2) is 49.2 Å². The van der Waals surface area contributed by atoms with Crippen LogP contribution in [0.1, 0.15) is 49.0 Å². The zero-order valence-electron chi connectivity index (χ0n) is 17.0. The Morgan fingerprint density at radius 1 is 1.16 bits per heavy atom. The number of Topliss-reactive ketones (excluding diaryl/α,β-unsaturated/α-hetero) is 1. The van der Waals surface area contributed by atoms with Crippen LogP contribution in [0.4, 0.5) is 0 Å². The summed E-state index contributed by atoms with van der Waals surface area (Å²) in [6.07, 6.45) is 5.19. The highest BCUT2D eigenvalue weighted by Gasteiger charge is 2.37. The highest BCUT2D eigenvalue weighted by molar-refractivity contribution is 7.35. The molecule has 1 aromatic heterocycles. The SMILES string of the molecule is CCC1(CC)CC(=O)c2cc(-c3oopc(C4=CC(CO)=COP=C4)op3)ccc2O1. The molecule has 31 heavy (non-hydrogen) atoms. The van der Waals surface area contributed by atoms with Crippen molar-refractivity contribution in [2.75, 3.05) is 6.61 Å². The molecule has 0 amide bonds. The highest BCUT2D eigenvalue weighted by Crippen LogP contribution is 2.40. The van der Waals surface area contributed by atoms with Crippen LogP contribution in [0.5, 0.6) is 5.75 Å². The van der Waals surface area contributed by atoms with E-state index in [4.69, 9.17) is 22.4 Å². The molecule has 0 spiro atoms. The van der Waals surface area contributed by atoms with Crippen molar-refractivity contribution >= 4 is 42.4 Å². The molecule has 0 fully saturated rings. The quantitative estimate of drug-likeness (QED) is 0.369. The number of ether oxygens (including phenoxy) is 1. The van der Waals surface area contributed by atoms with Crippen molar-refractivity contribution in [2.45, 2.75) is 38.7 Å². The lowest BCUT2D eigenvalue weighted by molar-refractivity contribution is 0.0350. The molecule has 0 bridgehead atoms. The molecule has 2 aliphatic rings. The average molecular weight is 478 g/mol. The lowest BCUT2D eigenvalue weighted by atomic mass is 9.85. The van der Waals surface area contributed by atoms with Crippen molar-refractivity contribution in [2.24, 2.45) is 0 Å². The van der Waals surface area contributed by atoms with Gasteiger partial charge < -0.3 is 18.6 Å². The van der Waals surface area contributed by atoms with Crippen LogP contribution in [-0.2, 0) is 4.52 Å². The molecule has 10 heteroatoms. The van der Waals surface area contributed by atoms with Crippen molar-refractivity contribution in [1.29, 1.82) is 0 Å². The summed E-state index contributed by atoms with van der Waals surface area (Å²) in [6, 6.07) is 5.40. The first kappa shape index (κ1) is 22.0. The van der Waals surface area contributed by atoms with Gasteiger partial charge in [-0.3, -0.25) is 13.7 Å². The maximum atomic E-state index is 12.8. The van der Waals surface area contributed by atoms with Crippen LogP contribution >= 0.6 is 25.3 Å². The number of carbonyl (C=O) groups is 1. The van der Waals surface area contributed by atoms with E-state index in [0.29, 0.717) is 65.2 Å². The third kappa shape index (κ3) is 4.71. The molecule has 1 N–H and O–H groups in total. The molecule has 4 rings (SSSR count). The van der Waals surface area contributed by atoms with Gasteiger partial charge in [0.2, 0.25) is 19.4 Å². The largest absolute Gasteiger partial charge is 0.486 e. The first-order chi connectivity index (χ1) is 15.1. The number of allylic oxidation sites excluding steroid dienone is 1. The van der Waals surface area contributed by atoms with E-state index in [1.807, 2.05) is 25.7 Å². The lowest BCUT2D eigenvalue weighted by Gasteiger charge is -2.36. The van der Waals surface area contributed by atoms with Crippen molar-refractivity contribution in [1.82, 2.24) is 0 Å². The smallest absolute Gasteiger partial charge is 0.248 e. The van der Waals surface area contributed by atoms with Crippen molar-refractivity contribution in [3.05, 3.63) is 47.2 Å². The molecule has 2 aromatic rings. The Morgan fingerprint density at radius 2 is 2.00 bits per heavy atom. The second kappa shape index (κ2) is 9.54. The minimum absolute atomic E-state index is 0.0606. The third-order valence-corrected chi connectivity index (χ3v) is 7.49. The molecule has 0 unspecified atom stereocenters. The number of hydrogen-bond acceptors (Lipinski definition) is 7. The van der Waals surface area contributed by atoms with Crippen molar-refractivity contribution < 1.29 is 32.3 Å². The summed E-state index contributed by atoms with van der Waals surface area (Å²) in [5, 5.41) is 9.40. The molecule has 0 saturated carbocycles. The van der Waals surface area contributed by atoms with Gasteiger partial charge >= 0.3 is 0 Å². The average Bonchev–Trinajstić information content (AvgIpc) is 3.19. The highest BCUT2D eigenvalue weighted by atomic mass is 31.1. The topological polar surface area (TPSA) is 95.2 Å². The fraction of sp³-hybridized carbons (Fsp3) is 0.333. The van der Waals surface area contributed by atoms with Crippen LogP contribution in [0.2, 0.25) is 0 Å². The van der Waals surface area contributed by atoms with E-state index in [1.165, 1.54) is 6.26 Å². The molecule has 3 heterocycles. The van der Waals surface area contributed by atoms with E-state index in [-0.39, 0.29) is 12.4 Å². The van der Waals surface area contributed by atoms with Gasteiger partial charge in [-0.15, -0.1) is 0 Å². The Kier molecular flexibility index (Phi) is 6.79. The summed E-state index contributed by atoms with van der Waals surface area (Å²) in [5.41, 5.74) is 3.12. The second-order valence-corrected chi connectivity index (χ2v) is 9.32. The zero-order valence-corrected chi connectivity index (χ0v) is 19.7. The summed E-state index contributed by atoms with van der Waals surface area (Å²) < 4.78 is 28.2. The van der Waals surface area contributed by atoms with E-state index in [0.717, 1.165) is 18.4 Å². The van der Waals surface area contributed by atoms with Crippen molar-refractivity contribution in [3.8, 4) is 16.8 Å². The standard InChI is InChI=1S/C21H21O7P3/c1-3-21(4-2)9-17(23)16-8-14(5-6-18(16)25-21)19-26-28-31-20(27-30-19)15-7-13(10-22)11-24-29-12-15/h5-8,11-12,22H,3-4,9-10H2,1-2H3. The van der Waals surface area contributed by atoms with Crippen LogP contribution in [0.3, 0.4) is 0 Å². The van der Waals surface area contributed by atoms with Gasteiger partial charge in [0.05, 0.1) is 18.6 Å². The molecule has 0 saturated heterocycles. The van der Waals surface area contributed by atoms with E-state index in [2.05, 4.69) is 0 Å². The van der Waals surface area contributed by atoms with E-state index >= 15 is 0 Å². The number of fused-ring (bicyclic) bond motifs is 1. The zero-order chi connectivity index (χ0) is 21.8. The fourth-order valence-corrected chi connectivity index (χ4v) is 5.32. The van der Waals surface area contributed by atoms with Gasteiger partial charge in [-0.05, 0) is 37.1 Å². The van der Waals surface area contributed by atoms with E-state index in [9.17, 15) is 9.90 Å². The maximum Gasteiger partial charge on any atom is 0.248 e. The first-order valence-corrected chi connectivity index (χ1v) is 12.3. The molecule has 162 valence electrons. The van der Waals surface area contributed by atoms with Gasteiger partial charge in [-0.2, -0.15) is 0 Å². The number of rotatable bonds is 5. The number of carbonyl (C=O) groups excluding carboxylic acids is 1. The molecular weight excluding hydrogens is 457 g/mol. The van der Waals surface area contributed by atoms with Gasteiger partial charge in [0.15, 0.2) is 14.2 Å². The minimum Gasteiger partial charge on any atom is -0.486 e. The lowest BCUT2D eigenvalue weighted by Crippen LogP contribution is -2.40.